The summed E-state index contributed by atoms with van der Waals surface area (Å²) >= 11 is 5.03. The fourth-order valence-electron chi connectivity index (χ4n) is 6.62. The number of para-hydroxylation sites is 1. The minimum atomic E-state index is -0.0235. The van der Waals surface area contributed by atoms with E-state index in [1.165, 1.54) is 24.0 Å². The minimum Gasteiger partial charge on any atom is -0.306 e. The van der Waals surface area contributed by atoms with Crippen molar-refractivity contribution in [3.05, 3.63) is 30.1 Å². The van der Waals surface area contributed by atoms with Crippen molar-refractivity contribution >= 4 is 50.9 Å². The molecule has 0 saturated heterocycles. The summed E-state index contributed by atoms with van der Waals surface area (Å²) in [6.45, 7) is 2.94. The number of ketones is 1. The predicted molar refractivity (Wildman–Crippen MR) is 131 cm³/mol. The quantitative estimate of drug-likeness (QED) is 0.361. The molecular formula is C24H28N4OS3. The largest absolute Gasteiger partial charge is 0.306 e. The molecule has 8 heteroatoms. The van der Waals surface area contributed by atoms with Gasteiger partial charge in [0, 0.05) is 12.0 Å². The first-order chi connectivity index (χ1) is 15.6. The van der Waals surface area contributed by atoms with E-state index in [0.29, 0.717) is 11.5 Å². The smallest absolute Gasteiger partial charge is 0.191 e. The number of benzene rings is 1. The third kappa shape index (κ3) is 3.82. The molecule has 0 radical (unpaired) electrons. The van der Waals surface area contributed by atoms with E-state index in [1.54, 1.807) is 34.9 Å². The van der Waals surface area contributed by atoms with Gasteiger partial charge in [-0.3, -0.25) is 4.79 Å². The second-order valence-electron chi connectivity index (χ2n) is 9.79. The Kier molecular flexibility index (Phi) is 5.58. The Labute approximate surface area is 201 Å². The molecule has 0 aliphatic heterocycles. The molecule has 4 saturated carbocycles. The van der Waals surface area contributed by atoms with E-state index < -0.39 is 0 Å². The van der Waals surface area contributed by atoms with Gasteiger partial charge < -0.3 is 4.57 Å². The lowest BCUT2D eigenvalue weighted by Gasteiger charge is -2.56. The summed E-state index contributed by atoms with van der Waals surface area (Å²) in [5.41, 5.74) is 1.03. The molecule has 0 atom stereocenters. The number of carbonyl (C=O) groups is 1. The van der Waals surface area contributed by atoms with Gasteiger partial charge in [0.15, 0.2) is 9.50 Å². The number of carbonyl (C=O) groups excluding carboxylic acids is 1. The monoisotopic (exact) mass is 484 g/mol. The summed E-state index contributed by atoms with van der Waals surface area (Å²) in [5, 5.41) is 9.80. The van der Waals surface area contributed by atoms with Crippen molar-refractivity contribution in [3.8, 4) is 0 Å². The van der Waals surface area contributed by atoms with Crippen LogP contribution in [0.1, 0.15) is 51.3 Å². The van der Waals surface area contributed by atoms with E-state index in [9.17, 15) is 4.79 Å². The highest BCUT2D eigenvalue weighted by Gasteiger charge is 2.54. The van der Waals surface area contributed by atoms with Gasteiger partial charge >= 0.3 is 0 Å². The summed E-state index contributed by atoms with van der Waals surface area (Å²) in [6, 6.07) is 8.25. The van der Waals surface area contributed by atoms with Crippen LogP contribution in [0.25, 0.3) is 10.2 Å². The van der Waals surface area contributed by atoms with Crippen LogP contribution >= 0.6 is 34.9 Å². The van der Waals surface area contributed by atoms with Crippen LogP contribution in [0.15, 0.2) is 33.8 Å². The predicted octanol–water partition coefficient (Wildman–Crippen LogP) is 6.08. The van der Waals surface area contributed by atoms with Gasteiger partial charge in [-0.1, -0.05) is 35.7 Å². The fraction of sp³-hybridized carbons (Fsp3) is 0.583. The molecule has 2 aromatic heterocycles. The molecule has 4 aliphatic rings. The zero-order valence-corrected chi connectivity index (χ0v) is 20.8. The van der Waals surface area contributed by atoms with Gasteiger partial charge in [-0.05, 0) is 75.3 Å². The molecule has 4 aliphatic carbocycles. The molecule has 4 bridgehead atoms. The van der Waals surface area contributed by atoms with Crippen molar-refractivity contribution in [2.45, 2.75) is 67.2 Å². The van der Waals surface area contributed by atoms with Crippen molar-refractivity contribution in [2.75, 3.05) is 5.75 Å². The summed E-state index contributed by atoms with van der Waals surface area (Å²) in [5.74, 6) is 5.13. The maximum atomic E-state index is 13.4. The normalized spacial score (nSPS) is 28.6. The van der Waals surface area contributed by atoms with Gasteiger partial charge in [0.25, 0.3) is 0 Å². The Bertz CT molecular complexity index is 1080. The summed E-state index contributed by atoms with van der Waals surface area (Å²) in [7, 11) is 0. The maximum Gasteiger partial charge on any atom is 0.191 e. The van der Waals surface area contributed by atoms with E-state index in [4.69, 9.17) is 4.98 Å². The molecule has 168 valence electrons. The molecule has 5 nitrogen and oxygen atoms in total. The number of hydrogen-bond acceptors (Lipinski definition) is 7. The number of hydrogen-bond donors (Lipinski definition) is 0. The Morgan fingerprint density at radius 1 is 1.09 bits per heavy atom. The standard InChI is InChI=1S/C24H28N4OS3/c1-2-28-21(14-31-23-25-18-5-3-4-6-19(18)32-23)26-27-22(28)30-13-20(29)24-10-15-7-16(11-24)9-17(8-15)12-24/h3-6,15-17H,2,7-14H2,1H3. The minimum absolute atomic E-state index is 0.0235. The van der Waals surface area contributed by atoms with Gasteiger partial charge in [0.1, 0.15) is 11.6 Å². The van der Waals surface area contributed by atoms with Crippen molar-refractivity contribution in [2.24, 2.45) is 23.2 Å². The summed E-state index contributed by atoms with van der Waals surface area (Å²) in [6.07, 6.45) is 7.55. The third-order valence-electron chi connectivity index (χ3n) is 7.67. The first kappa shape index (κ1) is 21.2. The van der Waals surface area contributed by atoms with Crippen LogP contribution in [-0.4, -0.2) is 31.3 Å². The zero-order valence-electron chi connectivity index (χ0n) is 18.3. The second kappa shape index (κ2) is 8.44. The third-order valence-corrected chi connectivity index (χ3v) is 10.8. The molecule has 4 fully saturated rings. The van der Waals surface area contributed by atoms with Gasteiger partial charge in [0.2, 0.25) is 0 Å². The van der Waals surface area contributed by atoms with Crippen LogP contribution in [0.4, 0.5) is 0 Å². The number of rotatable bonds is 8. The van der Waals surface area contributed by atoms with E-state index in [2.05, 4.69) is 39.9 Å². The molecule has 0 N–H and O–H groups in total. The van der Waals surface area contributed by atoms with E-state index >= 15 is 0 Å². The molecule has 2 heterocycles. The molecule has 0 amide bonds. The Hall–Kier alpha value is -1.38. The van der Waals surface area contributed by atoms with E-state index in [-0.39, 0.29) is 5.41 Å². The van der Waals surface area contributed by atoms with Gasteiger partial charge in [0.05, 0.1) is 21.7 Å². The van der Waals surface area contributed by atoms with E-state index in [1.807, 2.05) is 6.07 Å². The highest BCUT2D eigenvalue weighted by molar-refractivity contribution is 8.00. The lowest BCUT2D eigenvalue weighted by molar-refractivity contribution is -0.141. The van der Waals surface area contributed by atoms with Crippen LogP contribution < -0.4 is 0 Å². The van der Waals surface area contributed by atoms with Crippen LogP contribution in [0.2, 0.25) is 0 Å². The van der Waals surface area contributed by atoms with Crippen LogP contribution in [0, 0.1) is 23.2 Å². The summed E-state index contributed by atoms with van der Waals surface area (Å²) in [4.78, 5) is 18.1. The van der Waals surface area contributed by atoms with Crippen molar-refractivity contribution in [1.82, 2.24) is 19.7 Å². The van der Waals surface area contributed by atoms with Gasteiger partial charge in [-0.2, -0.15) is 0 Å². The Balaban J connectivity index is 1.11. The maximum absolute atomic E-state index is 13.4. The first-order valence-corrected chi connectivity index (χ1v) is 14.5. The lowest BCUT2D eigenvalue weighted by Crippen LogP contribution is -2.50. The summed E-state index contributed by atoms with van der Waals surface area (Å²) < 4.78 is 4.44. The number of thioether (sulfide) groups is 2. The van der Waals surface area contributed by atoms with Gasteiger partial charge in [-0.15, -0.1) is 21.5 Å². The highest BCUT2D eigenvalue weighted by Crippen LogP contribution is 2.60. The number of aromatic nitrogens is 4. The second-order valence-corrected chi connectivity index (χ2v) is 13.0. The highest BCUT2D eigenvalue weighted by atomic mass is 32.2. The molecular weight excluding hydrogens is 456 g/mol. The molecule has 7 rings (SSSR count). The fourth-order valence-corrected chi connectivity index (χ4v) is 9.69. The molecule has 3 aromatic rings. The molecule has 32 heavy (non-hydrogen) atoms. The van der Waals surface area contributed by atoms with Crippen molar-refractivity contribution in [3.63, 3.8) is 0 Å². The first-order valence-electron chi connectivity index (χ1n) is 11.7. The number of Topliss-reactive ketones (excluding diaryl/α,β-unsaturated/α-hetero) is 1. The van der Waals surface area contributed by atoms with Crippen molar-refractivity contribution in [1.29, 1.82) is 0 Å². The van der Waals surface area contributed by atoms with Crippen LogP contribution in [0.5, 0.6) is 0 Å². The SMILES string of the molecule is CCn1c(CSc2nc3ccccc3s2)nnc1SCC(=O)C12CC3CC(CC(C3)C1)C2. The van der Waals surface area contributed by atoms with Gasteiger partial charge in [-0.25, -0.2) is 4.98 Å². The van der Waals surface area contributed by atoms with E-state index in [0.717, 1.165) is 70.2 Å². The average molecular weight is 485 g/mol. The van der Waals surface area contributed by atoms with Crippen LogP contribution in [-0.2, 0) is 17.1 Å². The topological polar surface area (TPSA) is 60.7 Å². The molecule has 1 aromatic carbocycles. The number of fused-ring (bicyclic) bond motifs is 1. The Morgan fingerprint density at radius 2 is 1.81 bits per heavy atom. The van der Waals surface area contributed by atoms with Crippen molar-refractivity contribution < 1.29 is 4.79 Å². The average Bonchev–Trinajstić information content (AvgIpc) is 3.38. The Morgan fingerprint density at radius 3 is 2.50 bits per heavy atom. The zero-order chi connectivity index (χ0) is 21.7. The molecule has 0 spiro atoms. The van der Waals surface area contributed by atoms with Crippen LogP contribution in [0.3, 0.4) is 0 Å². The number of thiazole rings is 1. The lowest BCUT2D eigenvalue weighted by atomic mass is 9.48. The molecule has 0 unspecified atom stereocenters. The number of nitrogens with zero attached hydrogens (tertiary/aromatic N) is 4.